The average molecular weight is 651 g/mol. The Labute approximate surface area is 268 Å². The Morgan fingerprint density at radius 2 is 1.56 bits per heavy atom. The highest BCUT2D eigenvalue weighted by Gasteiger charge is 2.46. The van der Waals surface area contributed by atoms with Crippen molar-refractivity contribution in [2.75, 3.05) is 19.3 Å². The third-order valence-electron chi connectivity index (χ3n) is 9.39. The van der Waals surface area contributed by atoms with E-state index in [0.717, 1.165) is 37.5 Å². The van der Waals surface area contributed by atoms with Gasteiger partial charge in [0, 0.05) is 24.9 Å². The second kappa shape index (κ2) is 14.9. The van der Waals surface area contributed by atoms with Crippen LogP contribution in [0.2, 0.25) is 0 Å². The molecule has 0 unspecified atom stereocenters. The summed E-state index contributed by atoms with van der Waals surface area (Å²) in [4.78, 5) is 41.9. The lowest BCUT2D eigenvalue weighted by Gasteiger charge is -2.47. The van der Waals surface area contributed by atoms with Gasteiger partial charge in [0.15, 0.2) is 9.84 Å². The number of benzene rings is 1. The van der Waals surface area contributed by atoms with E-state index in [1.807, 2.05) is 56.0 Å². The molecule has 5 N–H and O–H groups in total. The van der Waals surface area contributed by atoms with Gasteiger partial charge < -0.3 is 26.2 Å². The molecule has 2 aliphatic rings. The Morgan fingerprint density at radius 1 is 0.956 bits per heavy atom. The zero-order valence-electron chi connectivity index (χ0n) is 27.9. The van der Waals surface area contributed by atoms with Crippen molar-refractivity contribution in [1.29, 1.82) is 0 Å². The summed E-state index contributed by atoms with van der Waals surface area (Å²) in [7, 11) is -3.87. The number of nitrogens with zero attached hydrogens (tertiary/aromatic N) is 1. The van der Waals surface area contributed by atoms with Gasteiger partial charge in [0.2, 0.25) is 17.7 Å². The first-order valence-electron chi connectivity index (χ1n) is 16.1. The molecule has 254 valence electrons. The van der Waals surface area contributed by atoms with Crippen molar-refractivity contribution < 1.29 is 33.0 Å². The monoisotopic (exact) mass is 650 g/mol. The number of likely N-dealkylation sites (tertiary alicyclic amines) is 1. The van der Waals surface area contributed by atoms with Crippen LogP contribution in [0.4, 0.5) is 0 Å². The molecule has 3 rings (SSSR count). The van der Waals surface area contributed by atoms with Crippen molar-refractivity contribution in [2.24, 2.45) is 11.8 Å². The second-order valence-corrected chi connectivity index (χ2v) is 17.2. The summed E-state index contributed by atoms with van der Waals surface area (Å²) in [5.41, 5.74) is 0.411. The summed E-state index contributed by atoms with van der Waals surface area (Å²) in [6, 6.07) is 6.42. The number of rotatable bonds is 12. The lowest BCUT2D eigenvalue weighted by molar-refractivity contribution is -0.135. The first-order chi connectivity index (χ1) is 20.8. The molecule has 11 nitrogen and oxygen atoms in total. The van der Waals surface area contributed by atoms with Gasteiger partial charge in [0.1, 0.15) is 12.1 Å². The van der Waals surface area contributed by atoms with Crippen LogP contribution in [0.15, 0.2) is 30.3 Å². The van der Waals surface area contributed by atoms with Crippen LogP contribution in [-0.4, -0.2) is 101 Å². The second-order valence-electron chi connectivity index (χ2n) is 14.6. The van der Waals surface area contributed by atoms with Gasteiger partial charge in [-0.25, -0.2) is 8.42 Å². The lowest BCUT2D eigenvalue weighted by Crippen LogP contribution is -2.64. The van der Waals surface area contributed by atoms with Crippen molar-refractivity contribution in [1.82, 2.24) is 20.9 Å². The minimum absolute atomic E-state index is 0.0850. The number of hydrogen-bond acceptors (Lipinski definition) is 8. The molecule has 12 heteroatoms. The Bertz CT molecular complexity index is 1280. The van der Waals surface area contributed by atoms with E-state index in [1.165, 1.54) is 20.8 Å². The molecule has 0 spiro atoms. The van der Waals surface area contributed by atoms with E-state index in [0.29, 0.717) is 24.8 Å². The molecule has 7 atom stereocenters. The standard InChI is InChI=1S/C33H54N4O7S/c1-21(38)29(40)35-28(33(5,6)45(7,43)44)31(42)34-25(17-22-13-9-8-10-14-22)27(39)20-37-19-24-16-12-11-15-23(24)18-26(37)30(41)36-32(2,3)4/h8-10,13-14,21,23-28,38-39H,11-12,15-20H2,1-7H3,(H,34,42)(H,35,40)(H,36,41)/t21-,23+,24-,25+,26+,27-,28-/m1/s1. The van der Waals surface area contributed by atoms with Crippen molar-refractivity contribution >= 4 is 27.6 Å². The Balaban J connectivity index is 1.92. The van der Waals surface area contributed by atoms with Gasteiger partial charge in [-0.1, -0.05) is 49.6 Å². The zero-order valence-corrected chi connectivity index (χ0v) is 28.7. The maximum Gasteiger partial charge on any atom is 0.249 e. The number of nitrogens with one attached hydrogen (secondary N) is 3. The third-order valence-corrected chi connectivity index (χ3v) is 11.5. The third kappa shape index (κ3) is 9.97. The van der Waals surface area contributed by atoms with E-state index >= 15 is 0 Å². The Kier molecular flexibility index (Phi) is 12.2. The van der Waals surface area contributed by atoms with Crippen LogP contribution < -0.4 is 16.0 Å². The van der Waals surface area contributed by atoms with Gasteiger partial charge >= 0.3 is 0 Å². The fourth-order valence-electron chi connectivity index (χ4n) is 6.44. The quantitative estimate of drug-likeness (QED) is 0.228. The van der Waals surface area contributed by atoms with Crippen LogP contribution >= 0.6 is 0 Å². The van der Waals surface area contributed by atoms with Crippen LogP contribution in [0.5, 0.6) is 0 Å². The molecule has 0 radical (unpaired) electrons. The van der Waals surface area contributed by atoms with Gasteiger partial charge in [-0.05, 0) is 78.2 Å². The molecule has 1 aliphatic carbocycles. The van der Waals surface area contributed by atoms with Crippen LogP contribution in [0.25, 0.3) is 0 Å². The molecule has 1 aliphatic heterocycles. The number of piperidine rings is 1. The molecule has 0 aromatic heterocycles. The highest BCUT2D eigenvalue weighted by atomic mass is 32.2. The minimum atomic E-state index is -3.87. The number of fused-ring (bicyclic) bond motifs is 1. The SMILES string of the molecule is C[C@@H](O)C(=O)N[C@H](C(=O)N[C@@H](Cc1ccccc1)[C@H](O)CN1C[C@H]2CCCC[C@H]2C[C@H]1C(=O)NC(C)(C)C)C(C)(C)S(C)(=O)=O. The number of aliphatic hydroxyl groups is 2. The number of carbonyl (C=O) groups is 3. The largest absolute Gasteiger partial charge is 0.390 e. The smallest absolute Gasteiger partial charge is 0.249 e. The summed E-state index contributed by atoms with van der Waals surface area (Å²) >= 11 is 0. The van der Waals surface area contributed by atoms with E-state index in [4.69, 9.17) is 0 Å². The fraction of sp³-hybridized carbons (Fsp3) is 0.727. The molecular formula is C33H54N4O7S. The maximum atomic E-state index is 13.8. The number of sulfone groups is 1. The normalized spacial score (nSPS) is 24.0. The van der Waals surface area contributed by atoms with Crippen molar-refractivity contribution in [3.63, 3.8) is 0 Å². The molecule has 1 heterocycles. The summed E-state index contributed by atoms with van der Waals surface area (Å²) < 4.78 is 23.8. The van der Waals surface area contributed by atoms with E-state index in [9.17, 15) is 33.0 Å². The zero-order chi connectivity index (χ0) is 33.7. The predicted octanol–water partition coefficient (Wildman–Crippen LogP) is 1.56. The van der Waals surface area contributed by atoms with Gasteiger partial charge in [0.25, 0.3) is 0 Å². The van der Waals surface area contributed by atoms with E-state index in [1.54, 1.807) is 0 Å². The molecular weight excluding hydrogens is 596 g/mol. The van der Waals surface area contributed by atoms with Crippen LogP contribution in [0, 0.1) is 11.8 Å². The Morgan fingerprint density at radius 3 is 2.11 bits per heavy atom. The summed E-state index contributed by atoms with van der Waals surface area (Å²) in [6.07, 6.45) is 3.75. The minimum Gasteiger partial charge on any atom is -0.390 e. The first-order valence-corrected chi connectivity index (χ1v) is 18.0. The molecule has 1 saturated carbocycles. The van der Waals surface area contributed by atoms with Gasteiger partial charge in [-0.15, -0.1) is 0 Å². The topological polar surface area (TPSA) is 165 Å². The number of amides is 3. The van der Waals surface area contributed by atoms with Crippen molar-refractivity contribution in [2.45, 2.75) is 121 Å². The molecule has 1 saturated heterocycles. The first kappa shape index (κ1) is 36.9. The van der Waals surface area contributed by atoms with Crippen molar-refractivity contribution in [3.05, 3.63) is 35.9 Å². The van der Waals surface area contributed by atoms with E-state index in [2.05, 4.69) is 16.0 Å². The highest BCUT2D eigenvalue weighted by molar-refractivity contribution is 7.92. The summed E-state index contributed by atoms with van der Waals surface area (Å²) in [6.45, 7) is 10.5. The molecule has 1 aromatic rings. The summed E-state index contributed by atoms with van der Waals surface area (Å²) in [5, 5.41) is 30.0. The molecule has 0 bridgehead atoms. The van der Waals surface area contributed by atoms with Gasteiger partial charge in [0.05, 0.1) is 22.9 Å². The Hall–Kier alpha value is -2.54. The highest BCUT2D eigenvalue weighted by Crippen LogP contribution is 2.39. The molecule has 1 aromatic carbocycles. The molecule has 45 heavy (non-hydrogen) atoms. The van der Waals surface area contributed by atoms with Crippen LogP contribution in [0.3, 0.4) is 0 Å². The van der Waals surface area contributed by atoms with Crippen molar-refractivity contribution in [3.8, 4) is 0 Å². The number of β-amino-alcohol motifs (C(OH)–C–C–N with tert-alkyl or cyclic N) is 1. The van der Waals surface area contributed by atoms with Gasteiger partial charge in [-0.3, -0.25) is 19.3 Å². The number of hydrogen-bond donors (Lipinski definition) is 5. The molecule has 2 fully saturated rings. The van der Waals surface area contributed by atoms with Crippen LogP contribution in [-0.2, 0) is 30.6 Å². The average Bonchev–Trinajstić information content (AvgIpc) is 2.93. The number of carbonyl (C=O) groups excluding carboxylic acids is 3. The lowest BCUT2D eigenvalue weighted by atomic mass is 9.72. The number of aliphatic hydroxyl groups excluding tert-OH is 2. The predicted molar refractivity (Wildman–Crippen MR) is 174 cm³/mol. The maximum absolute atomic E-state index is 13.8. The fourth-order valence-corrected chi connectivity index (χ4v) is 7.04. The molecule has 3 amide bonds. The van der Waals surface area contributed by atoms with E-state index in [-0.39, 0.29) is 18.9 Å². The van der Waals surface area contributed by atoms with Gasteiger partial charge in [-0.2, -0.15) is 0 Å². The van der Waals surface area contributed by atoms with Crippen LogP contribution in [0.1, 0.15) is 79.2 Å². The summed E-state index contributed by atoms with van der Waals surface area (Å²) in [5.74, 6) is -0.915. The van der Waals surface area contributed by atoms with E-state index < -0.39 is 62.3 Å².